The second-order valence-corrected chi connectivity index (χ2v) is 10.3. The molecule has 3 heteroatoms. The summed E-state index contributed by atoms with van der Waals surface area (Å²) in [5, 5.41) is 7.76. The second kappa shape index (κ2) is 6.39. The number of hydrogen-bond acceptors (Lipinski definition) is 3. The van der Waals surface area contributed by atoms with E-state index >= 15 is 0 Å². The maximum Gasteiger partial charge on any atom is 0.0534 e. The van der Waals surface area contributed by atoms with E-state index in [1.165, 1.54) is 50.4 Å². The highest BCUT2D eigenvalue weighted by Crippen LogP contribution is 2.30. The SMILES string of the molecule is C=c1s/c(=c2\s/c(=c3\sc(=C)c4ccccc34)c3ccccc23)c2ccccc12. The summed E-state index contributed by atoms with van der Waals surface area (Å²) in [4.78, 5) is 0. The maximum atomic E-state index is 4.30. The third-order valence-electron chi connectivity index (χ3n) is 5.43. The lowest BCUT2D eigenvalue weighted by atomic mass is 10.1. The third kappa shape index (κ3) is 2.48. The smallest absolute Gasteiger partial charge is 0.0534 e. The van der Waals surface area contributed by atoms with Crippen molar-refractivity contribution in [3.63, 3.8) is 0 Å². The summed E-state index contributed by atoms with van der Waals surface area (Å²) in [6.07, 6.45) is 0. The zero-order valence-electron chi connectivity index (χ0n) is 15.6. The van der Waals surface area contributed by atoms with Gasteiger partial charge in [-0.05, 0) is 10.8 Å². The fourth-order valence-electron chi connectivity index (χ4n) is 4.08. The Bertz CT molecular complexity index is 1710. The van der Waals surface area contributed by atoms with E-state index in [4.69, 9.17) is 0 Å². The molecule has 3 aromatic heterocycles. The zero-order chi connectivity index (χ0) is 19.5. The Morgan fingerprint density at radius 3 is 1.03 bits per heavy atom. The quantitative estimate of drug-likeness (QED) is 0.254. The lowest BCUT2D eigenvalue weighted by Gasteiger charge is -1.89. The van der Waals surface area contributed by atoms with Crippen LogP contribution in [0.15, 0.2) is 72.8 Å². The van der Waals surface area contributed by atoms with Crippen LogP contribution in [0, 0.1) is 18.1 Å². The molecule has 0 aliphatic rings. The van der Waals surface area contributed by atoms with Crippen LogP contribution < -0.4 is 9.06 Å². The first-order chi connectivity index (χ1) is 14.2. The van der Waals surface area contributed by atoms with E-state index in [0.29, 0.717) is 0 Å². The van der Waals surface area contributed by atoms with Gasteiger partial charge in [-0.3, -0.25) is 0 Å². The Morgan fingerprint density at radius 1 is 0.379 bits per heavy atom. The maximum absolute atomic E-state index is 4.30. The Morgan fingerprint density at radius 2 is 0.655 bits per heavy atom. The third-order valence-corrected chi connectivity index (χ3v) is 9.13. The fourth-order valence-corrected chi connectivity index (χ4v) is 7.82. The van der Waals surface area contributed by atoms with Gasteiger partial charge >= 0.3 is 0 Å². The van der Waals surface area contributed by atoms with Gasteiger partial charge in [-0.2, -0.15) is 0 Å². The Labute approximate surface area is 178 Å². The highest BCUT2D eigenvalue weighted by Gasteiger charge is 2.08. The number of rotatable bonds is 0. The van der Waals surface area contributed by atoms with Crippen molar-refractivity contribution in [2.45, 2.75) is 0 Å². The fraction of sp³-hybridized carbons (Fsp3) is 0. The Balaban J connectivity index is 2.00. The molecule has 0 saturated heterocycles. The minimum Gasteiger partial charge on any atom is -0.134 e. The standard InChI is InChI=1S/C26H16S3/c1-15-17-9-3-5-11-19(17)23(27-15)25-21-13-7-8-14-22(21)26(29-25)24-20-12-6-4-10-18(20)16(2)28-24/h3-14H,1-2H2/b25-23-,26-24-. The second-order valence-electron chi connectivity index (χ2n) is 7.11. The summed E-state index contributed by atoms with van der Waals surface area (Å²) in [7, 11) is 0. The van der Waals surface area contributed by atoms with Crippen LogP contribution in [-0.2, 0) is 0 Å². The predicted molar refractivity (Wildman–Crippen MR) is 131 cm³/mol. The lowest BCUT2D eigenvalue weighted by molar-refractivity contribution is 1.77. The van der Waals surface area contributed by atoms with E-state index in [0.717, 1.165) is 9.06 Å². The molecule has 0 N–H and O–H groups in total. The molecule has 3 heterocycles. The first kappa shape index (κ1) is 17.2. The van der Waals surface area contributed by atoms with E-state index in [9.17, 15) is 0 Å². The monoisotopic (exact) mass is 424 g/mol. The molecule has 0 nitrogen and oxygen atoms in total. The molecule has 0 unspecified atom stereocenters. The van der Waals surface area contributed by atoms with E-state index in [1.807, 2.05) is 11.3 Å². The Hall–Kier alpha value is -2.72. The Kier molecular flexibility index (Phi) is 3.78. The highest BCUT2D eigenvalue weighted by atomic mass is 32.1. The summed E-state index contributed by atoms with van der Waals surface area (Å²) in [6.45, 7) is 8.60. The molecule has 0 amide bonds. The van der Waals surface area contributed by atoms with Crippen molar-refractivity contribution in [1.82, 2.24) is 0 Å². The van der Waals surface area contributed by atoms with Crippen LogP contribution in [0.2, 0.25) is 0 Å². The van der Waals surface area contributed by atoms with Gasteiger partial charge in [0, 0.05) is 30.6 Å². The number of hydrogen-bond donors (Lipinski definition) is 0. The average Bonchev–Trinajstić information content (AvgIpc) is 3.41. The number of benzene rings is 3. The molecule has 0 fully saturated rings. The molecule has 0 aliphatic carbocycles. The van der Waals surface area contributed by atoms with Crippen molar-refractivity contribution in [2.24, 2.45) is 0 Å². The number of thiophene rings is 3. The zero-order valence-corrected chi connectivity index (χ0v) is 18.0. The molecule has 0 spiro atoms. The van der Waals surface area contributed by atoms with Gasteiger partial charge in [-0.25, -0.2) is 0 Å². The molecule has 0 saturated carbocycles. The number of fused-ring (bicyclic) bond motifs is 3. The summed E-state index contributed by atoms with van der Waals surface area (Å²) in [5.74, 6) is 0. The van der Waals surface area contributed by atoms with Gasteiger partial charge in [-0.15, -0.1) is 34.0 Å². The molecule has 0 aliphatic heterocycles. The predicted octanol–water partition coefficient (Wildman–Crippen LogP) is 6.73. The first-order valence-electron chi connectivity index (χ1n) is 9.41. The molecular formula is C26H16S3. The van der Waals surface area contributed by atoms with E-state index < -0.39 is 0 Å². The minimum absolute atomic E-state index is 1.14. The lowest BCUT2D eigenvalue weighted by Crippen LogP contribution is -1.84. The van der Waals surface area contributed by atoms with Crippen LogP contribution in [0.4, 0.5) is 0 Å². The van der Waals surface area contributed by atoms with Crippen molar-refractivity contribution in [3.05, 3.63) is 100.0 Å². The van der Waals surface area contributed by atoms with E-state index in [-0.39, 0.29) is 0 Å². The molecular weight excluding hydrogens is 408 g/mol. The first-order valence-corrected chi connectivity index (χ1v) is 11.9. The molecule has 29 heavy (non-hydrogen) atoms. The van der Waals surface area contributed by atoms with Crippen LogP contribution in [-0.4, -0.2) is 0 Å². The molecule has 138 valence electrons. The molecule has 6 rings (SSSR count). The van der Waals surface area contributed by atoms with Gasteiger partial charge in [-0.1, -0.05) is 86.0 Å². The van der Waals surface area contributed by atoms with Gasteiger partial charge in [0.15, 0.2) is 0 Å². The summed E-state index contributed by atoms with van der Waals surface area (Å²) in [6, 6.07) is 26.0. The van der Waals surface area contributed by atoms with Gasteiger partial charge in [0.05, 0.1) is 18.1 Å². The summed E-state index contributed by atoms with van der Waals surface area (Å²) < 4.78 is 7.61. The van der Waals surface area contributed by atoms with Crippen molar-refractivity contribution < 1.29 is 0 Å². The van der Waals surface area contributed by atoms with Crippen molar-refractivity contribution in [2.75, 3.05) is 0 Å². The van der Waals surface area contributed by atoms with Crippen LogP contribution in [0.5, 0.6) is 0 Å². The molecule has 0 radical (unpaired) electrons. The summed E-state index contributed by atoms with van der Waals surface area (Å²) in [5.41, 5.74) is 0. The van der Waals surface area contributed by atoms with Crippen LogP contribution >= 0.6 is 34.0 Å². The van der Waals surface area contributed by atoms with Crippen LogP contribution in [0.1, 0.15) is 0 Å². The van der Waals surface area contributed by atoms with Gasteiger partial charge in [0.1, 0.15) is 0 Å². The average molecular weight is 425 g/mol. The topological polar surface area (TPSA) is 0 Å². The molecule has 6 aromatic rings. The van der Waals surface area contributed by atoms with E-state index in [2.05, 4.69) is 86.0 Å². The van der Waals surface area contributed by atoms with Gasteiger partial charge < -0.3 is 0 Å². The molecule has 0 atom stereocenters. The van der Waals surface area contributed by atoms with Crippen molar-refractivity contribution in [3.8, 4) is 0 Å². The minimum atomic E-state index is 1.14. The van der Waals surface area contributed by atoms with Crippen LogP contribution in [0.3, 0.4) is 0 Å². The van der Waals surface area contributed by atoms with Crippen molar-refractivity contribution >= 4 is 79.5 Å². The highest BCUT2D eigenvalue weighted by molar-refractivity contribution is 7.15. The molecule has 0 bridgehead atoms. The largest absolute Gasteiger partial charge is 0.134 e. The molecule has 3 aromatic carbocycles. The van der Waals surface area contributed by atoms with Gasteiger partial charge in [0.25, 0.3) is 0 Å². The van der Waals surface area contributed by atoms with Gasteiger partial charge in [0.2, 0.25) is 0 Å². The normalized spacial score (nSPS) is 14.2. The van der Waals surface area contributed by atoms with Crippen molar-refractivity contribution in [1.29, 1.82) is 0 Å². The van der Waals surface area contributed by atoms with Crippen LogP contribution in [0.25, 0.3) is 45.5 Å². The van der Waals surface area contributed by atoms with E-state index in [1.54, 1.807) is 22.7 Å². The summed E-state index contributed by atoms with van der Waals surface area (Å²) >= 11 is 5.51.